The van der Waals surface area contributed by atoms with Crippen molar-refractivity contribution in [2.75, 3.05) is 11.6 Å². The number of carbonyl (C=O) groups is 1. The van der Waals surface area contributed by atoms with Gasteiger partial charge >= 0.3 is 0 Å². The molecule has 5 rings (SSSR count). The van der Waals surface area contributed by atoms with Gasteiger partial charge in [-0.05, 0) is 46.7 Å². The number of hydrogen-bond acceptors (Lipinski definition) is 3. The van der Waals surface area contributed by atoms with E-state index in [4.69, 9.17) is 4.74 Å². The highest BCUT2D eigenvalue weighted by molar-refractivity contribution is 5.94. The monoisotopic (exact) mass is 394 g/mol. The SMILES string of the molecule is O=C(NCc1ccccc1)c1ccc(N2COc3ccc4ccccc4c3C2)cc1. The van der Waals surface area contributed by atoms with Crippen LogP contribution in [0.25, 0.3) is 10.8 Å². The van der Waals surface area contributed by atoms with Gasteiger partial charge in [0.15, 0.2) is 6.73 Å². The van der Waals surface area contributed by atoms with Crippen LogP contribution in [0.3, 0.4) is 0 Å². The highest BCUT2D eigenvalue weighted by atomic mass is 16.5. The molecule has 4 aromatic carbocycles. The molecule has 30 heavy (non-hydrogen) atoms. The van der Waals surface area contributed by atoms with E-state index >= 15 is 0 Å². The standard InChI is InChI=1S/C26H22N2O2/c29-26(27-16-19-6-2-1-3-7-19)21-10-13-22(14-11-21)28-17-24-23-9-5-4-8-20(23)12-15-25(24)30-18-28/h1-15H,16-18H2,(H,27,29). The Bertz CT molecular complexity index is 1190. The first kappa shape index (κ1) is 18.3. The van der Waals surface area contributed by atoms with Gasteiger partial charge in [-0.15, -0.1) is 0 Å². The van der Waals surface area contributed by atoms with Gasteiger partial charge in [-0.25, -0.2) is 0 Å². The van der Waals surface area contributed by atoms with Crippen molar-refractivity contribution in [3.8, 4) is 5.75 Å². The number of anilines is 1. The third-order valence-electron chi connectivity index (χ3n) is 5.51. The minimum atomic E-state index is -0.0726. The summed E-state index contributed by atoms with van der Waals surface area (Å²) in [4.78, 5) is 14.6. The number of ether oxygens (including phenoxy) is 1. The highest BCUT2D eigenvalue weighted by Crippen LogP contribution is 2.34. The fraction of sp³-hybridized carbons (Fsp3) is 0.115. The zero-order valence-electron chi connectivity index (χ0n) is 16.5. The van der Waals surface area contributed by atoms with E-state index < -0.39 is 0 Å². The zero-order valence-corrected chi connectivity index (χ0v) is 16.5. The molecule has 0 radical (unpaired) electrons. The Hall–Kier alpha value is -3.79. The van der Waals surface area contributed by atoms with Gasteiger partial charge in [0.05, 0.1) is 6.54 Å². The summed E-state index contributed by atoms with van der Waals surface area (Å²) < 4.78 is 6.01. The van der Waals surface area contributed by atoms with E-state index in [9.17, 15) is 4.79 Å². The van der Waals surface area contributed by atoms with E-state index in [2.05, 4.69) is 46.6 Å². The maximum atomic E-state index is 12.5. The van der Waals surface area contributed by atoms with Crippen LogP contribution in [-0.4, -0.2) is 12.6 Å². The summed E-state index contributed by atoms with van der Waals surface area (Å²) >= 11 is 0. The second-order valence-electron chi connectivity index (χ2n) is 7.45. The number of nitrogens with one attached hydrogen (secondary N) is 1. The van der Waals surface area contributed by atoms with Crippen molar-refractivity contribution in [1.29, 1.82) is 0 Å². The molecule has 1 aliphatic heterocycles. The number of rotatable bonds is 4. The Labute approximate surface area is 175 Å². The molecule has 1 heterocycles. The Morgan fingerprint density at radius 3 is 2.47 bits per heavy atom. The van der Waals surface area contributed by atoms with Crippen LogP contribution in [0.2, 0.25) is 0 Å². The summed E-state index contributed by atoms with van der Waals surface area (Å²) in [5.41, 5.74) is 3.97. The van der Waals surface area contributed by atoms with E-state index in [1.165, 1.54) is 16.3 Å². The third-order valence-corrected chi connectivity index (χ3v) is 5.51. The number of amides is 1. The fourth-order valence-electron chi connectivity index (χ4n) is 3.87. The summed E-state index contributed by atoms with van der Waals surface area (Å²) in [7, 11) is 0. The van der Waals surface area contributed by atoms with Crippen LogP contribution in [0.4, 0.5) is 5.69 Å². The van der Waals surface area contributed by atoms with Crippen LogP contribution in [0.1, 0.15) is 21.5 Å². The van der Waals surface area contributed by atoms with E-state index in [0.717, 1.165) is 23.5 Å². The lowest BCUT2D eigenvalue weighted by molar-refractivity contribution is 0.0951. The first-order valence-electron chi connectivity index (χ1n) is 10.1. The Morgan fingerprint density at radius 2 is 1.63 bits per heavy atom. The minimum Gasteiger partial charge on any atom is -0.473 e. The molecule has 4 heteroatoms. The van der Waals surface area contributed by atoms with Crippen molar-refractivity contribution in [3.63, 3.8) is 0 Å². The van der Waals surface area contributed by atoms with Crippen molar-refractivity contribution in [1.82, 2.24) is 5.32 Å². The first-order valence-corrected chi connectivity index (χ1v) is 10.1. The molecule has 0 bridgehead atoms. The quantitative estimate of drug-likeness (QED) is 0.522. The first-order chi connectivity index (χ1) is 14.8. The molecule has 1 aliphatic rings. The second-order valence-corrected chi connectivity index (χ2v) is 7.45. The minimum absolute atomic E-state index is 0.0726. The van der Waals surface area contributed by atoms with Gasteiger partial charge in [0.1, 0.15) is 5.75 Å². The van der Waals surface area contributed by atoms with Crippen LogP contribution in [0.5, 0.6) is 5.75 Å². The van der Waals surface area contributed by atoms with E-state index in [0.29, 0.717) is 18.8 Å². The van der Waals surface area contributed by atoms with Gasteiger partial charge in [0.25, 0.3) is 5.91 Å². The second kappa shape index (κ2) is 7.91. The lowest BCUT2D eigenvalue weighted by Crippen LogP contribution is -2.32. The van der Waals surface area contributed by atoms with Crippen LogP contribution in [0, 0.1) is 0 Å². The highest BCUT2D eigenvalue weighted by Gasteiger charge is 2.20. The average molecular weight is 394 g/mol. The largest absolute Gasteiger partial charge is 0.473 e. The van der Waals surface area contributed by atoms with Gasteiger partial charge in [-0.3, -0.25) is 4.79 Å². The van der Waals surface area contributed by atoms with Crippen molar-refractivity contribution in [2.45, 2.75) is 13.1 Å². The molecule has 148 valence electrons. The fourth-order valence-corrected chi connectivity index (χ4v) is 3.87. The van der Waals surface area contributed by atoms with Gasteiger partial charge in [-0.2, -0.15) is 0 Å². The third kappa shape index (κ3) is 3.60. The van der Waals surface area contributed by atoms with Gasteiger partial charge in [-0.1, -0.05) is 60.7 Å². The molecule has 0 atom stereocenters. The predicted octanol–water partition coefficient (Wildman–Crippen LogP) is 5.13. The smallest absolute Gasteiger partial charge is 0.251 e. The molecule has 0 aliphatic carbocycles. The normalized spacial score (nSPS) is 12.9. The zero-order chi connectivity index (χ0) is 20.3. The van der Waals surface area contributed by atoms with Gasteiger partial charge in [0.2, 0.25) is 0 Å². The summed E-state index contributed by atoms with van der Waals surface area (Å²) in [6.07, 6.45) is 0. The number of benzene rings is 4. The van der Waals surface area contributed by atoms with Crippen molar-refractivity contribution >= 4 is 22.4 Å². The van der Waals surface area contributed by atoms with E-state index in [-0.39, 0.29) is 5.91 Å². The van der Waals surface area contributed by atoms with Crippen molar-refractivity contribution in [3.05, 3.63) is 108 Å². The molecule has 0 spiro atoms. The molecule has 0 aromatic heterocycles. The number of carbonyl (C=O) groups excluding carboxylic acids is 1. The van der Waals surface area contributed by atoms with Crippen LogP contribution in [0.15, 0.2) is 91.0 Å². The summed E-state index contributed by atoms with van der Waals surface area (Å²) in [6.45, 7) is 1.78. The van der Waals surface area contributed by atoms with E-state index in [1.54, 1.807) is 0 Å². The number of nitrogens with zero attached hydrogens (tertiary/aromatic N) is 1. The molecule has 1 N–H and O–H groups in total. The van der Waals surface area contributed by atoms with Gasteiger partial charge < -0.3 is 15.0 Å². The van der Waals surface area contributed by atoms with Crippen LogP contribution >= 0.6 is 0 Å². The van der Waals surface area contributed by atoms with Crippen LogP contribution < -0.4 is 15.0 Å². The molecule has 0 fully saturated rings. The Morgan fingerprint density at radius 1 is 0.867 bits per heavy atom. The molecular weight excluding hydrogens is 372 g/mol. The summed E-state index contributed by atoms with van der Waals surface area (Å²) in [5, 5.41) is 5.40. The molecule has 4 nitrogen and oxygen atoms in total. The topological polar surface area (TPSA) is 41.6 Å². The molecular formula is C26H22N2O2. The number of fused-ring (bicyclic) bond motifs is 3. The Balaban J connectivity index is 1.30. The van der Waals surface area contributed by atoms with Crippen LogP contribution in [-0.2, 0) is 13.1 Å². The molecule has 1 amide bonds. The summed E-state index contributed by atoms with van der Waals surface area (Å²) in [6, 6.07) is 30.1. The Kier molecular flexibility index (Phi) is 4.81. The van der Waals surface area contributed by atoms with Crippen molar-refractivity contribution < 1.29 is 9.53 Å². The van der Waals surface area contributed by atoms with Crippen molar-refractivity contribution in [2.24, 2.45) is 0 Å². The summed E-state index contributed by atoms with van der Waals surface area (Å²) in [5.74, 6) is 0.874. The average Bonchev–Trinajstić information content (AvgIpc) is 2.83. The molecule has 0 unspecified atom stereocenters. The lowest BCUT2D eigenvalue weighted by atomic mass is 10.0. The van der Waals surface area contributed by atoms with E-state index in [1.807, 2.05) is 54.6 Å². The maximum absolute atomic E-state index is 12.5. The predicted molar refractivity (Wildman–Crippen MR) is 120 cm³/mol. The molecule has 4 aromatic rings. The number of hydrogen-bond donors (Lipinski definition) is 1. The maximum Gasteiger partial charge on any atom is 0.251 e. The molecule has 0 saturated heterocycles. The van der Waals surface area contributed by atoms with Gasteiger partial charge in [0, 0.05) is 23.4 Å². The lowest BCUT2D eigenvalue weighted by Gasteiger charge is -2.31. The molecule has 0 saturated carbocycles.